The number of methoxy groups -OCH3 is 1. The second kappa shape index (κ2) is 12.7. The molecule has 0 unspecified atom stereocenters. The van der Waals surface area contributed by atoms with E-state index in [1.165, 1.54) is 16.7 Å². The maximum Gasteiger partial charge on any atom is 0.191 e. The van der Waals surface area contributed by atoms with Crippen molar-refractivity contribution in [3.63, 3.8) is 0 Å². The van der Waals surface area contributed by atoms with Gasteiger partial charge in [-0.2, -0.15) is 0 Å². The van der Waals surface area contributed by atoms with E-state index in [9.17, 15) is 0 Å². The highest BCUT2D eigenvalue weighted by atomic mass is 127. The molecular weight excluding hydrogens is 479 g/mol. The Hall–Kier alpha value is -1.84. The van der Waals surface area contributed by atoms with Gasteiger partial charge >= 0.3 is 0 Å². The van der Waals surface area contributed by atoms with E-state index in [-0.39, 0.29) is 24.0 Å². The number of halogens is 1. The Labute approximate surface area is 190 Å². The van der Waals surface area contributed by atoms with E-state index in [1.54, 1.807) is 14.2 Å². The van der Waals surface area contributed by atoms with Gasteiger partial charge in [-0.25, -0.2) is 0 Å². The zero-order valence-electron chi connectivity index (χ0n) is 17.2. The Kier molecular flexibility index (Phi) is 10.2. The number of aliphatic imine (C=N–C) groups is 1. The lowest BCUT2D eigenvalue weighted by Gasteiger charge is -2.27. The van der Waals surface area contributed by atoms with Crippen LogP contribution in [0.25, 0.3) is 0 Å². The average Bonchev–Trinajstić information content (AvgIpc) is 2.76. The van der Waals surface area contributed by atoms with Crippen LogP contribution in [0, 0.1) is 0 Å². The topological polar surface area (TPSA) is 58.1 Å². The predicted molar refractivity (Wildman–Crippen MR) is 128 cm³/mol. The number of nitrogens with one attached hydrogen (secondary N) is 2. The standard InChI is InChI=1S/C22H30N4O2.HI/c1-23-22(24-15-18-7-9-21(27-2)10-8-18)25-16-19-5-3-4-6-20(19)17-26-11-13-28-14-12-26;/h3-10H,11-17H2,1-2H3,(H2,23,24,25);1H. The molecule has 7 heteroatoms. The van der Waals surface area contributed by atoms with Crippen molar-refractivity contribution in [3.8, 4) is 5.75 Å². The second-order valence-electron chi connectivity index (χ2n) is 6.78. The van der Waals surface area contributed by atoms with Gasteiger partial charge in [0.15, 0.2) is 5.96 Å². The SMILES string of the molecule is CN=C(NCc1ccc(OC)cc1)NCc1ccccc1CN1CCOCC1.I. The quantitative estimate of drug-likeness (QED) is 0.341. The van der Waals surface area contributed by atoms with Gasteiger partial charge in [-0.3, -0.25) is 9.89 Å². The van der Waals surface area contributed by atoms with Crippen molar-refractivity contribution in [2.45, 2.75) is 19.6 Å². The largest absolute Gasteiger partial charge is 0.497 e. The van der Waals surface area contributed by atoms with Gasteiger partial charge in [0.05, 0.1) is 20.3 Å². The fraction of sp³-hybridized carbons (Fsp3) is 0.409. The lowest BCUT2D eigenvalue weighted by molar-refractivity contribution is 0.0341. The number of benzene rings is 2. The van der Waals surface area contributed by atoms with Crippen molar-refractivity contribution in [2.24, 2.45) is 4.99 Å². The molecule has 0 radical (unpaired) electrons. The van der Waals surface area contributed by atoms with E-state index < -0.39 is 0 Å². The minimum Gasteiger partial charge on any atom is -0.497 e. The summed E-state index contributed by atoms with van der Waals surface area (Å²) >= 11 is 0. The van der Waals surface area contributed by atoms with Crippen molar-refractivity contribution >= 4 is 29.9 Å². The summed E-state index contributed by atoms with van der Waals surface area (Å²) in [7, 11) is 3.47. The smallest absolute Gasteiger partial charge is 0.191 e. The molecule has 1 aliphatic rings. The van der Waals surface area contributed by atoms with Crippen LogP contribution in [0.1, 0.15) is 16.7 Å². The molecule has 158 valence electrons. The van der Waals surface area contributed by atoms with E-state index >= 15 is 0 Å². The highest BCUT2D eigenvalue weighted by molar-refractivity contribution is 14.0. The normalized spacial score (nSPS) is 14.8. The van der Waals surface area contributed by atoms with Crippen molar-refractivity contribution in [1.29, 1.82) is 0 Å². The van der Waals surface area contributed by atoms with Gasteiger partial charge < -0.3 is 20.1 Å². The van der Waals surface area contributed by atoms with Crippen LogP contribution < -0.4 is 15.4 Å². The minimum atomic E-state index is 0. The van der Waals surface area contributed by atoms with Gasteiger partial charge in [0.2, 0.25) is 0 Å². The molecule has 0 spiro atoms. The summed E-state index contributed by atoms with van der Waals surface area (Å²) in [6, 6.07) is 16.6. The zero-order chi connectivity index (χ0) is 19.6. The van der Waals surface area contributed by atoms with Gasteiger partial charge in [-0.15, -0.1) is 24.0 Å². The van der Waals surface area contributed by atoms with E-state index in [0.717, 1.165) is 51.1 Å². The number of guanidine groups is 1. The van der Waals surface area contributed by atoms with Crippen LogP contribution in [-0.2, 0) is 24.4 Å². The van der Waals surface area contributed by atoms with Crippen molar-refractivity contribution in [3.05, 3.63) is 65.2 Å². The number of hydrogen-bond acceptors (Lipinski definition) is 4. The highest BCUT2D eigenvalue weighted by Gasteiger charge is 2.12. The lowest BCUT2D eigenvalue weighted by atomic mass is 10.1. The Balaban J connectivity index is 0.00000300. The lowest BCUT2D eigenvalue weighted by Crippen LogP contribution is -2.37. The number of morpholine rings is 1. The molecule has 3 rings (SSSR count). The molecule has 6 nitrogen and oxygen atoms in total. The van der Waals surface area contributed by atoms with Crippen molar-refractivity contribution < 1.29 is 9.47 Å². The second-order valence-corrected chi connectivity index (χ2v) is 6.78. The molecule has 2 aromatic carbocycles. The fourth-order valence-electron chi connectivity index (χ4n) is 3.21. The van der Waals surface area contributed by atoms with Crippen LogP contribution in [0.2, 0.25) is 0 Å². The zero-order valence-corrected chi connectivity index (χ0v) is 19.5. The molecule has 2 aromatic rings. The third-order valence-corrected chi connectivity index (χ3v) is 4.90. The maximum atomic E-state index is 5.45. The first-order valence-electron chi connectivity index (χ1n) is 9.73. The van der Waals surface area contributed by atoms with Crippen LogP contribution >= 0.6 is 24.0 Å². The van der Waals surface area contributed by atoms with E-state index in [0.29, 0.717) is 6.54 Å². The van der Waals surface area contributed by atoms with Gasteiger partial charge in [0.25, 0.3) is 0 Å². The molecule has 0 amide bonds. The predicted octanol–water partition coefficient (Wildman–Crippen LogP) is 3.01. The Morgan fingerprint density at radius 1 is 1.00 bits per heavy atom. The summed E-state index contributed by atoms with van der Waals surface area (Å²) in [6.07, 6.45) is 0. The Morgan fingerprint density at radius 3 is 2.31 bits per heavy atom. The fourth-order valence-corrected chi connectivity index (χ4v) is 3.21. The first-order valence-corrected chi connectivity index (χ1v) is 9.73. The third-order valence-electron chi connectivity index (χ3n) is 4.90. The maximum absolute atomic E-state index is 5.45. The molecule has 29 heavy (non-hydrogen) atoms. The van der Waals surface area contributed by atoms with Crippen LogP contribution in [0.5, 0.6) is 5.75 Å². The van der Waals surface area contributed by atoms with Gasteiger partial charge in [0, 0.05) is 39.8 Å². The molecule has 0 bridgehead atoms. The Morgan fingerprint density at radius 2 is 1.66 bits per heavy atom. The summed E-state index contributed by atoms with van der Waals surface area (Å²) < 4.78 is 10.7. The summed E-state index contributed by atoms with van der Waals surface area (Å²) in [6.45, 7) is 6.03. The molecule has 0 saturated carbocycles. The van der Waals surface area contributed by atoms with Crippen LogP contribution in [-0.4, -0.2) is 51.3 Å². The van der Waals surface area contributed by atoms with Gasteiger partial charge in [-0.05, 0) is 28.8 Å². The molecule has 1 heterocycles. The van der Waals surface area contributed by atoms with Crippen LogP contribution in [0.15, 0.2) is 53.5 Å². The van der Waals surface area contributed by atoms with Crippen LogP contribution in [0.3, 0.4) is 0 Å². The number of rotatable bonds is 7. The summed E-state index contributed by atoms with van der Waals surface area (Å²) in [5, 5.41) is 6.79. The number of nitrogens with zero attached hydrogens (tertiary/aromatic N) is 2. The molecule has 1 fully saturated rings. The molecule has 2 N–H and O–H groups in total. The average molecular weight is 510 g/mol. The number of hydrogen-bond donors (Lipinski definition) is 2. The minimum absolute atomic E-state index is 0. The van der Waals surface area contributed by atoms with Gasteiger partial charge in [-0.1, -0.05) is 36.4 Å². The molecule has 0 aliphatic carbocycles. The first-order chi connectivity index (χ1) is 13.8. The Bertz CT molecular complexity index is 762. The summed E-state index contributed by atoms with van der Waals surface area (Å²) in [5.74, 6) is 1.65. The monoisotopic (exact) mass is 510 g/mol. The van der Waals surface area contributed by atoms with Gasteiger partial charge in [0.1, 0.15) is 5.75 Å². The van der Waals surface area contributed by atoms with E-state index in [1.807, 2.05) is 12.1 Å². The summed E-state index contributed by atoms with van der Waals surface area (Å²) in [5.41, 5.74) is 3.82. The molecule has 1 saturated heterocycles. The molecule has 0 aromatic heterocycles. The van der Waals surface area contributed by atoms with Crippen molar-refractivity contribution in [2.75, 3.05) is 40.5 Å². The number of ether oxygens (including phenoxy) is 2. The summed E-state index contributed by atoms with van der Waals surface area (Å²) in [4.78, 5) is 6.78. The third kappa shape index (κ3) is 7.49. The first kappa shape index (κ1) is 23.4. The van der Waals surface area contributed by atoms with Crippen molar-refractivity contribution in [1.82, 2.24) is 15.5 Å². The van der Waals surface area contributed by atoms with Crippen LogP contribution in [0.4, 0.5) is 0 Å². The molecule has 1 aliphatic heterocycles. The highest BCUT2D eigenvalue weighted by Crippen LogP contribution is 2.13. The van der Waals surface area contributed by atoms with E-state index in [2.05, 4.69) is 56.9 Å². The van der Waals surface area contributed by atoms with E-state index in [4.69, 9.17) is 9.47 Å². The molecule has 0 atom stereocenters. The molecular formula is C22H31IN4O2.